The normalized spacial score (nSPS) is 10.8. The van der Waals surface area contributed by atoms with Crippen LogP contribution in [0.3, 0.4) is 0 Å². The molecule has 0 radical (unpaired) electrons. The summed E-state index contributed by atoms with van der Waals surface area (Å²) in [5.41, 5.74) is 0.510. The van der Waals surface area contributed by atoms with E-state index in [1.807, 2.05) is 0 Å². The molecule has 0 aliphatic carbocycles. The smallest absolute Gasteiger partial charge is 0.349 e. The fourth-order valence-corrected chi connectivity index (χ4v) is 1.69. The maximum Gasteiger partial charge on any atom is 0.349 e. The van der Waals surface area contributed by atoms with Crippen LogP contribution in [-0.4, -0.2) is 12.6 Å². The minimum absolute atomic E-state index is 0.0246. The van der Waals surface area contributed by atoms with Gasteiger partial charge < -0.3 is 9.15 Å². The van der Waals surface area contributed by atoms with Crippen LogP contribution in [0.15, 0.2) is 59.0 Å². The molecule has 0 saturated heterocycles. The van der Waals surface area contributed by atoms with Crippen LogP contribution in [0.5, 0.6) is 0 Å². The molecule has 1 heterocycles. The molecule has 0 aliphatic rings. The van der Waals surface area contributed by atoms with Gasteiger partial charge >= 0.3 is 5.97 Å². The Labute approximate surface area is 126 Å². The number of ether oxygens (including phenoxy) is 1. The van der Waals surface area contributed by atoms with Crippen molar-refractivity contribution in [3.05, 3.63) is 66.2 Å². The van der Waals surface area contributed by atoms with Crippen LogP contribution in [0.2, 0.25) is 0 Å². The van der Waals surface area contributed by atoms with E-state index in [0.717, 1.165) is 0 Å². The van der Waals surface area contributed by atoms with Crippen molar-refractivity contribution < 1.29 is 18.3 Å². The van der Waals surface area contributed by atoms with Gasteiger partial charge in [0.2, 0.25) is 0 Å². The lowest BCUT2D eigenvalue weighted by Crippen LogP contribution is -2.06. The molecule has 0 N–H and O–H groups in total. The van der Waals surface area contributed by atoms with Crippen LogP contribution >= 0.6 is 0 Å². The minimum Gasteiger partial charge on any atom is -0.457 e. The summed E-state index contributed by atoms with van der Waals surface area (Å²) in [7, 11) is 0. The molecule has 1 aromatic carbocycles. The molecule has 1 aromatic heterocycles. The van der Waals surface area contributed by atoms with Crippen molar-refractivity contribution in [2.75, 3.05) is 6.61 Å². The molecule has 2 rings (SSSR count). The number of carbonyl (C=O) groups is 1. The summed E-state index contributed by atoms with van der Waals surface area (Å²) in [6.45, 7) is 3.44. The lowest BCUT2D eigenvalue weighted by atomic mass is 10.2. The Hall–Kier alpha value is -3.13. The van der Waals surface area contributed by atoms with Crippen LogP contribution in [-0.2, 0) is 9.53 Å². The molecule has 0 bridgehead atoms. The van der Waals surface area contributed by atoms with Gasteiger partial charge in [0.25, 0.3) is 0 Å². The third kappa shape index (κ3) is 3.70. The minimum atomic E-state index is -0.748. The first-order valence-electron chi connectivity index (χ1n) is 6.39. The second-order valence-corrected chi connectivity index (χ2v) is 4.27. The Morgan fingerprint density at radius 1 is 1.32 bits per heavy atom. The fourth-order valence-electron chi connectivity index (χ4n) is 1.69. The van der Waals surface area contributed by atoms with Crippen LogP contribution in [0.25, 0.3) is 17.4 Å². The van der Waals surface area contributed by atoms with E-state index in [0.29, 0.717) is 17.1 Å². The zero-order valence-electron chi connectivity index (χ0n) is 11.6. The van der Waals surface area contributed by atoms with Gasteiger partial charge in [-0.05, 0) is 36.4 Å². The maximum atomic E-state index is 12.9. The number of carbonyl (C=O) groups excluding carboxylic acids is 1. The predicted octanol–water partition coefficient (Wildman–Crippen LogP) is 3.72. The largest absolute Gasteiger partial charge is 0.457 e. The highest BCUT2D eigenvalue weighted by atomic mass is 19.1. The third-order valence-electron chi connectivity index (χ3n) is 2.71. The van der Waals surface area contributed by atoms with Crippen LogP contribution in [0.1, 0.15) is 5.76 Å². The Bertz CT molecular complexity index is 751. The van der Waals surface area contributed by atoms with Crippen molar-refractivity contribution in [2.45, 2.75) is 0 Å². The van der Waals surface area contributed by atoms with E-state index in [9.17, 15) is 9.18 Å². The van der Waals surface area contributed by atoms with E-state index in [2.05, 4.69) is 6.58 Å². The number of furan rings is 1. The van der Waals surface area contributed by atoms with Gasteiger partial charge in [-0.1, -0.05) is 12.7 Å². The topological polar surface area (TPSA) is 63.2 Å². The van der Waals surface area contributed by atoms with Gasteiger partial charge in [0.1, 0.15) is 35.6 Å². The zero-order valence-corrected chi connectivity index (χ0v) is 11.6. The summed E-state index contributed by atoms with van der Waals surface area (Å²) in [4.78, 5) is 11.6. The SMILES string of the molecule is C=CCOC(=O)/C(C#N)=C/c1ccc(-c2ccc(F)cc2)o1. The number of nitrogens with zero attached hydrogens (tertiary/aromatic N) is 1. The van der Waals surface area contributed by atoms with Gasteiger partial charge in [-0.3, -0.25) is 0 Å². The molecule has 4 nitrogen and oxygen atoms in total. The molecule has 110 valence electrons. The van der Waals surface area contributed by atoms with E-state index in [1.54, 1.807) is 30.3 Å². The molecule has 0 fully saturated rings. The van der Waals surface area contributed by atoms with Crippen molar-refractivity contribution >= 4 is 12.0 Å². The second-order valence-electron chi connectivity index (χ2n) is 4.27. The lowest BCUT2D eigenvalue weighted by molar-refractivity contribution is -0.137. The molecular weight excluding hydrogens is 285 g/mol. The van der Waals surface area contributed by atoms with Crippen molar-refractivity contribution in [1.29, 1.82) is 5.26 Å². The van der Waals surface area contributed by atoms with Gasteiger partial charge in [0, 0.05) is 11.6 Å². The van der Waals surface area contributed by atoms with Crippen molar-refractivity contribution in [3.63, 3.8) is 0 Å². The highest BCUT2D eigenvalue weighted by molar-refractivity contribution is 5.97. The summed E-state index contributed by atoms with van der Waals surface area (Å²) in [6, 6.07) is 10.8. The first-order valence-corrected chi connectivity index (χ1v) is 6.39. The third-order valence-corrected chi connectivity index (χ3v) is 2.71. The molecule has 0 unspecified atom stereocenters. The van der Waals surface area contributed by atoms with E-state index >= 15 is 0 Å². The van der Waals surface area contributed by atoms with Crippen molar-refractivity contribution in [3.8, 4) is 17.4 Å². The van der Waals surface area contributed by atoms with Gasteiger partial charge in [0.05, 0.1) is 0 Å². The molecule has 0 spiro atoms. The molecule has 0 saturated carbocycles. The summed E-state index contributed by atoms with van der Waals surface area (Å²) in [5, 5.41) is 8.98. The van der Waals surface area contributed by atoms with E-state index < -0.39 is 5.97 Å². The highest BCUT2D eigenvalue weighted by Crippen LogP contribution is 2.23. The molecule has 0 atom stereocenters. The Kier molecular flexibility index (Phi) is 4.89. The molecule has 22 heavy (non-hydrogen) atoms. The number of nitriles is 1. The highest BCUT2D eigenvalue weighted by Gasteiger charge is 2.12. The van der Waals surface area contributed by atoms with Crippen LogP contribution in [0.4, 0.5) is 4.39 Å². The molecule has 2 aromatic rings. The standard InChI is InChI=1S/C17H12FNO3/c1-2-9-21-17(20)13(11-19)10-15-7-8-16(22-15)12-3-5-14(18)6-4-12/h2-8,10H,1,9H2/b13-10+. The first kappa shape index (κ1) is 15.3. The lowest BCUT2D eigenvalue weighted by Gasteiger charge is -1.99. The Balaban J connectivity index is 2.21. The zero-order chi connectivity index (χ0) is 15.9. The van der Waals surface area contributed by atoms with E-state index in [1.165, 1.54) is 24.3 Å². The quantitative estimate of drug-likeness (QED) is 0.365. The maximum absolute atomic E-state index is 12.9. The number of benzene rings is 1. The molecular formula is C17H12FNO3. The average molecular weight is 297 g/mol. The van der Waals surface area contributed by atoms with E-state index in [4.69, 9.17) is 14.4 Å². The Morgan fingerprint density at radius 2 is 2.05 bits per heavy atom. The van der Waals surface area contributed by atoms with Crippen LogP contribution in [0, 0.1) is 17.1 Å². The summed E-state index contributed by atoms with van der Waals surface area (Å²) < 4.78 is 23.2. The first-order chi connectivity index (χ1) is 10.6. The fraction of sp³-hybridized carbons (Fsp3) is 0.0588. The van der Waals surface area contributed by atoms with Gasteiger partial charge in [-0.25, -0.2) is 9.18 Å². The summed E-state index contributed by atoms with van der Waals surface area (Å²) in [6.07, 6.45) is 2.70. The van der Waals surface area contributed by atoms with Gasteiger partial charge in [-0.15, -0.1) is 0 Å². The van der Waals surface area contributed by atoms with Crippen molar-refractivity contribution in [2.24, 2.45) is 0 Å². The second kappa shape index (κ2) is 7.04. The number of esters is 1. The van der Waals surface area contributed by atoms with Gasteiger partial charge in [0.15, 0.2) is 0 Å². The van der Waals surface area contributed by atoms with E-state index in [-0.39, 0.29) is 18.0 Å². The average Bonchev–Trinajstić information content (AvgIpc) is 2.99. The van der Waals surface area contributed by atoms with Crippen molar-refractivity contribution in [1.82, 2.24) is 0 Å². The molecule has 0 amide bonds. The number of halogens is 1. The van der Waals surface area contributed by atoms with Gasteiger partial charge in [-0.2, -0.15) is 5.26 Å². The molecule has 5 heteroatoms. The monoisotopic (exact) mass is 297 g/mol. The Morgan fingerprint density at radius 3 is 2.68 bits per heavy atom. The number of hydrogen-bond donors (Lipinski definition) is 0. The number of rotatable bonds is 5. The molecule has 0 aliphatic heterocycles. The predicted molar refractivity (Wildman–Crippen MR) is 78.8 cm³/mol. The summed E-state index contributed by atoms with van der Waals surface area (Å²) >= 11 is 0. The van der Waals surface area contributed by atoms with Crippen LogP contribution < -0.4 is 0 Å². The number of hydrogen-bond acceptors (Lipinski definition) is 4. The summed E-state index contributed by atoms with van der Waals surface area (Å²) in [5.74, 6) is -0.260.